The molecular formula is C8H14Cl2N4. The average molecular weight is 237 g/mol. The Kier molecular flexibility index (Phi) is 5.12. The van der Waals surface area contributed by atoms with Gasteiger partial charge in [-0.3, -0.25) is 0 Å². The Morgan fingerprint density at radius 3 is 2.57 bits per heavy atom. The first-order valence-electron chi connectivity index (χ1n) is 4.05. The van der Waals surface area contributed by atoms with E-state index in [0.29, 0.717) is 6.04 Å². The second kappa shape index (κ2) is 5.34. The molecule has 2 rings (SSSR count). The van der Waals surface area contributed by atoms with Crippen LogP contribution >= 0.6 is 24.8 Å². The van der Waals surface area contributed by atoms with Gasteiger partial charge in [0.25, 0.3) is 0 Å². The molecule has 2 heterocycles. The lowest BCUT2D eigenvalue weighted by atomic mass is 10.1. The lowest BCUT2D eigenvalue weighted by molar-refractivity contribution is 0.512. The van der Waals surface area contributed by atoms with E-state index in [-0.39, 0.29) is 24.8 Å². The lowest BCUT2D eigenvalue weighted by Gasteiger charge is -2.37. The molecule has 1 aromatic heterocycles. The summed E-state index contributed by atoms with van der Waals surface area (Å²) in [5, 5.41) is 7.90. The van der Waals surface area contributed by atoms with Gasteiger partial charge in [0.1, 0.15) is 0 Å². The SMILES string of the molecule is Cc1cnnc(N2CC(N)C2)c1.Cl.Cl. The van der Waals surface area contributed by atoms with Crippen LogP contribution in [-0.4, -0.2) is 29.3 Å². The molecule has 6 heteroatoms. The number of aryl methyl sites for hydroxylation is 1. The first-order valence-corrected chi connectivity index (χ1v) is 4.05. The van der Waals surface area contributed by atoms with E-state index in [1.807, 2.05) is 13.0 Å². The van der Waals surface area contributed by atoms with Crippen molar-refractivity contribution < 1.29 is 0 Å². The zero-order valence-electron chi connectivity index (χ0n) is 7.88. The highest BCUT2D eigenvalue weighted by Crippen LogP contribution is 2.16. The monoisotopic (exact) mass is 236 g/mol. The van der Waals surface area contributed by atoms with Gasteiger partial charge in [-0.1, -0.05) is 0 Å². The molecule has 1 aromatic rings. The smallest absolute Gasteiger partial charge is 0.151 e. The van der Waals surface area contributed by atoms with Crippen molar-refractivity contribution in [2.45, 2.75) is 13.0 Å². The molecule has 0 spiro atoms. The van der Waals surface area contributed by atoms with E-state index in [1.54, 1.807) is 6.20 Å². The Balaban J connectivity index is 0.000000845. The van der Waals surface area contributed by atoms with E-state index in [2.05, 4.69) is 15.1 Å². The van der Waals surface area contributed by atoms with E-state index < -0.39 is 0 Å². The van der Waals surface area contributed by atoms with Crippen LogP contribution in [0.5, 0.6) is 0 Å². The zero-order chi connectivity index (χ0) is 8.55. The minimum atomic E-state index is 0. The normalized spacial score (nSPS) is 15.1. The predicted octanol–water partition coefficient (Wildman–Crippen LogP) is 0.776. The number of hydrogen-bond donors (Lipinski definition) is 1. The van der Waals surface area contributed by atoms with Crippen LogP contribution in [0.3, 0.4) is 0 Å². The molecule has 1 saturated heterocycles. The third-order valence-corrected chi connectivity index (χ3v) is 2.01. The van der Waals surface area contributed by atoms with Gasteiger partial charge in [0.05, 0.1) is 6.20 Å². The molecule has 0 radical (unpaired) electrons. The van der Waals surface area contributed by atoms with Gasteiger partial charge >= 0.3 is 0 Å². The minimum absolute atomic E-state index is 0. The van der Waals surface area contributed by atoms with Crippen molar-refractivity contribution in [1.29, 1.82) is 0 Å². The van der Waals surface area contributed by atoms with Crippen LogP contribution in [-0.2, 0) is 0 Å². The Morgan fingerprint density at radius 1 is 1.43 bits per heavy atom. The first-order chi connectivity index (χ1) is 5.75. The highest BCUT2D eigenvalue weighted by molar-refractivity contribution is 5.85. The minimum Gasteiger partial charge on any atom is -0.352 e. The number of halogens is 2. The molecule has 0 aromatic carbocycles. The Morgan fingerprint density at radius 2 is 2.07 bits per heavy atom. The van der Waals surface area contributed by atoms with Gasteiger partial charge in [-0.25, -0.2) is 0 Å². The first kappa shape index (κ1) is 13.4. The van der Waals surface area contributed by atoms with Crippen LogP contribution in [0, 0.1) is 6.92 Å². The summed E-state index contributed by atoms with van der Waals surface area (Å²) in [7, 11) is 0. The van der Waals surface area contributed by atoms with Crippen molar-refractivity contribution in [1.82, 2.24) is 10.2 Å². The van der Waals surface area contributed by atoms with E-state index in [1.165, 1.54) is 0 Å². The maximum atomic E-state index is 5.65. The van der Waals surface area contributed by atoms with E-state index in [4.69, 9.17) is 5.73 Å². The molecule has 2 N–H and O–H groups in total. The molecule has 14 heavy (non-hydrogen) atoms. The topological polar surface area (TPSA) is 55.0 Å². The van der Waals surface area contributed by atoms with Gasteiger partial charge < -0.3 is 10.6 Å². The number of rotatable bonds is 1. The maximum Gasteiger partial charge on any atom is 0.151 e. The highest BCUT2D eigenvalue weighted by Gasteiger charge is 2.24. The average Bonchev–Trinajstić information content (AvgIpc) is 1.99. The second-order valence-corrected chi connectivity index (χ2v) is 3.26. The van der Waals surface area contributed by atoms with Crippen molar-refractivity contribution in [2.24, 2.45) is 5.73 Å². The lowest BCUT2D eigenvalue weighted by Crippen LogP contribution is -2.56. The molecule has 0 saturated carbocycles. The van der Waals surface area contributed by atoms with Crippen LogP contribution < -0.4 is 10.6 Å². The second-order valence-electron chi connectivity index (χ2n) is 3.26. The molecular weight excluding hydrogens is 223 g/mol. The molecule has 1 aliphatic rings. The molecule has 0 unspecified atom stereocenters. The van der Waals surface area contributed by atoms with Crippen LogP contribution in [0.1, 0.15) is 5.56 Å². The largest absolute Gasteiger partial charge is 0.352 e. The Bertz CT molecular complexity index is 288. The third-order valence-electron chi connectivity index (χ3n) is 2.01. The fourth-order valence-electron chi connectivity index (χ4n) is 1.30. The van der Waals surface area contributed by atoms with Gasteiger partial charge in [0, 0.05) is 19.1 Å². The zero-order valence-corrected chi connectivity index (χ0v) is 9.51. The summed E-state index contributed by atoms with van der Waals surface area (Å²) in [6, 6.07) is 2.34. The Hall–Kier alpha value is -0.580. The van der Waals surface area contributed by atoms with E-state index in [9.17, 15) is 0 Å². The van der Waals surface area contributed by atoms with Gasteiger partial charge in [0.2, 0.25) is 0 Å². The molecule has 0 atom stereocenters. The fraction of sp³-hybridized carbons (Fsp3) is 0.500. The highest BCUT2D eigenvalue weighted by atomic mass is 35.5. The molecule has 80 valence electrons. The van der Waals surface area contributed by atoms with Gasteiger partial charge in [0.15, 0.2) is 5.82 Å². The summed E-state index contributed by atoms with van der Waals surface area (Å²) in [5.74, 6) is 0.941. The summed E-state index contributed by atoms with van der Waals surface area (Å²) < 4.78 is 0. The summed E-state index contributed by atoms with van der Waals surface area (Å²) in [6.07, 6.45) is 1.75. The van der Waals surface area contributed by atoms with Crippen LogP contribution in [0.25, 0.3) is 0 Å². The van der Waals surface area contributed by atoms with Crippen LogP contribution in [0.4, 0.5) is 5.82 Å². The van der Waals surface area contributed by atoms with Crippen molar-refractivity contribution >= 4 is 30.6 Å². The summed E-state index contributed by atoms with van der Waals surface area (Å²) >= 11 is 0. The number of nitrogens with zero attached hydrogens (tertiary/aromatic N) is 3. The summed E-state index contributed by atoms with van der Waals surface area (Å²) in [4.78, 5) is 2.13. The standard InChI is InChI=1S/C8H12N4.2ClH/c1-6-2-8(11-10-3-6)12-4-7(9)5-12;;/h2-3,7H,4-5,9H2,1H3;2*1H. The van der Waals surface area contributed by atoms with Gasteiger partial charge in [-0.2, -0.15) is 5.10 Å². The summed E-state index contributed by atoms with van der Waals surface area (Å²) in [5.41, 5.74) is 6.79. The van der Waals surface area contributed by atoms with Gasteiger partial charge in [-0.05, 0) is 18.6 Å². The number of anilines is 1. The van der Waals surface area contributed by atoms with E-state index >= 15 is 0 Å². The van der Waals surface area contributed by atoms with Gasteiger partial charge in [-0.15, -0.1) is 29.9 Å². The van der Waals surface area contributed by atoms with Crippen molar-refractivity contribution in [3.05, 3.63) is 17.8 Å². The van der Waals surface area contributed by atoms with Crippen molar-refractivity contribution in [3.8, 4) is 0 Å². The van der Waals surface area contributed by atoms with E-state index in [0.717, 1.165) is 24.5 Å². The summed E-state index contributed by atoms with van der Waals surface area (Å²) in [6.45, 7) is 3.81. The predicted molar refractivity (Wildman–Crippen MR) is 61.5 cm³/mol. The van der Waals surface area contributed by atoms with Crippen LogP contribution in [0.15, 0.2) is 12.3 Å². The van der Waals surface area contributed by atoms with Crippen molar-refractivity contribution in [3.63, 3.8) is 0 Å². The Labute approximate surface area is 95.7 Å². The number of hydrogen-bond acceptors (Lipinski definition) is 4. The number of aromatic nitrogens is 2. The maximum absolute atomic E-state index is 5.65. The molecule has 0 aliphatic carbocycles. The molecule has 4 nitrogen and oxygen atoms in total. The molecule has 0 bridgehead atoms. The molecule has 1 fully saturated rings. The van der Waals surface area contributed by atoms with Crippen LogP contribution in [0.2, 0.25) is 0 Å². The fourth-order valence-corrected chi connectivity index (χ4v) is 1.30. The number of nitrogens with two attached hydrogens (primary N) is 1. The molecule has 0 amide bonds. The third kappa shape index (κ3) is 2.70. The quantitative estimate of drug-likeness (QED) is 0.784. The van der Waals surface area contributed by atoms with Crippen molar-refractivity contribution in [2.75, 3.05) is 18.0 Å². The molecule has 1 aliphatic heterocycles.